The molecule has 3 rings (SSSR count). The van der Waals surface area contributed by atoms with Crippen LogP contribution in [-0.2, 0) is 12.8 Å². The first-order valence-electron chi connectivity index (χ1n) is 7.36. The summed E-state index contributed by atoms with van der Waals surface area (Å²) >= 11 is 3.51. The zero-order valence-corrected chi connectivity index (χ0v) is 13.2. The number of fused-ring (bicyclic) bond motifs is 1. The van der Waals surface area contributed by atoms with Crippen LogP contribution in [-0.4, -0.2) is 34.7 Å². The van der Waals surface area contributed by atoms with Crippen LogP contribution in [0.5, 0.6) is 0 Å². The van der Waals surface area contributed by atoms with Crippen molar-refractivity contribution in [1.29, 1.82) is 0 Å². The second-order valence-corrected chi connectivity index (χ2v) is 8.15. The maximum Gasteiger partial charge on any atom is 0.261 e. The lowest BCUT2D eigenvalue weighted by Gasteiger charge is -2.31. The van der Waals surface area contributed by atoms with E-state index in [1.165, 1.54) is 23.3 Å². The average molecular weight is 311 g/mol. The second-order valence-electron chi connectivity index (χ2n) is 5.79. The maximum atomic E-state index is 12.2. The standard InChI is InChI=1S/C15H21NO2S2/c17-14(16-10-15(18)5-7-19-8-6-15)13-9-11-3-1-2-4-12(11)20-13/h9,18H,1-8,10H2,(H,16,17). The fraction of sp³-hybridized carbons (Fsp3) is 0.667. The molecule has 110 valence electrons. The van der Waals surface area contributed by atoms with Crippen molar-refractivity contribution in [1.82, 2.24) is 5.32 Å². The van der Waals surface area contributed by atoms with Gasteiger partial charge >= 0.3 is 0 Å². The molecular formula is C15H21NO2S2. The summed E-state index contributed by atoms with van der Waals surface area (Å²) in [5.74, 6) is 1.95. The number of hydrogen-bond donors (Lipinski definition) is 2. The number of hydrogen-bond acceptors (Lipinski definition) is 4. The molecule has 1 amide bonds. The summed E-state index contributed by atoms with van der Waals surface area (Å²) in [4.78, 5) is 14.4. The molecule has 2 aliphatic rings. The highest BCUT2D eigenvalue weighted by Crippen LogP contribution is 2.30. The number of aryl methyl sites for hydroxylation is 2. The third kappa shape index (κ3) is 3.21. The van der Waals surface area contributed by atoms with E-state index in [0.29, 0.717) is 6.54 Å². The summed E-state index contributed by atoms with van der Waals surface area (Å²) in [6.07, 6.45) is 6.26. The van der Waals surface area contributed by atoms with Crippen molar-refractivity contribution in [3.63, 3.8) is 0 Å². The first-order valence-corrected chi connectivity index (χ1v) is 9.33. The second kappa shape index (κ2) is 6.08. The molecule has 5 heteroatoms. The van der Waals surface area contributed by atoms with Crippen molar-refractivity contribution >= 4 is 29.0 Å². The van der Waals surface area contributed by atoms with Gasteiger partial charge in [-0.25, -0.2) is 0 Å². The predicted molar refractivity (Wildman–Crippen MR) is 84.8 cm³/mol. The van der Waals surface area contributed by atoms with Crippen molar-refractivity contribution in [2.24, 2.45) is 0 Å². The summed E-state index contributed by atoms with van der Waals surface area (Å²) in [6, 6.07) is 2.05. The van der Waals surface area contributed by atoms with Gasteiger partial charge in [0.05, 0.1) is 10.5 Å². The molecule has 1 aromatic heterocycles. The van der Waals surface area contributed by atoms with E-state index in [9.17, 15) is 9.90 Å². The highest BCUT2D eigenvalue weighted by atomic mass is 32.2. The summed E-state index contributed by atoms with van der Waals surface area (Å²) in [6.45, 7) is 0.384. The molecule has 0 bridgehead atoms. The van der Waals surface area contributed by atoms with Crippen LogP contribution in [0.15, 0.2) is 6.07 Å². The van der Waals surface area contributed by atoms with E-state index in [-0.39, 0.29) is 5.91 Å². The summed E-state index contributed by atoms with van der Waals surface area (Å²) < 4.78 is 0. The fourth-order valence-electron chi connectivity index (χ4n) is 2.86. The van der Waals surface area contributed by atoms with E-state index in [0.717, 1.165) is 42.1 Å². The normalized spacial score (nSPS) is 21.2. The summed E-state index contributed by atoms with van der Waals surface area (Å²) in [5, 5.41) is 13.3. The molecular weight excluding hydrogens is 290 g/mol. The van der Waals surface area contributed by atoms with E-state index < -0.39 is 5.60 Å². The molecule has 20 heavy (non-hydrogen) atoms. The third-order valence-electron chi connectivity index (χ3n) is 4.22. The lowest BCUT2D eigenvalue weighted by molar-refractivity contribution is 0.0312. The van der Waals surface area contributed by atoms with Gasteiger partial charge in [-0.05, 0) is 61.7 Å². The van der Waals surface area contributed by atoms with Gasteiger partial charge < -0.3 is 10.4 Å². The maximum absolute atomic E-state index is 12.2. The van der Waals surface area contributed by atoms with E-state index in [4.69, 9.17) is 0 Å². The van der Waals surface area contributed by atoms with Crippen LogP contribution in [0.2, 0.25) is 0 Å². The predicted octanol–water partition coefficient (Wildman–Crippen LogP) is 2.61. The SMILES string of the molecule is O=C(NCC1(O)CCSCC1)c1cc2c(s1)CCCC2. The van der Waals surface area contributed by atoms with Gasteiger partial charge in [0.15, 0.2) is 0 Å². The Kier molecular flexibility index (Phi) is 4.38. The minimum Gasteiger partial charge on any atom is -0.388 e. The molecule has 2 N–H and O–H groups in total. The minimum atomic E-state index is -0.697. The van der Waals surface area contributed by atoms with E-state index in [2.05, 4.69) is 11.4 Å². The number of thiophene rings is 1. The number of nitrogens with one attached hydrogen (secondary N) is 1. The minimum absolute atomic E-state index is 0.0175. The van der Waals surface area contributed by atoms with Crippen LogP contribution in [0.25, 0.3) is 0 Å². The lowest BCUT2D eigenvalue weighted by Crippen LogP contribution is -2.45. The smallest absolute Gasteiger partial charge is 0.261 e. The Morgan fingerprint density at radius 1 is 1.30 bits per heavy atom. The topological polar surface area (TPSA) is 49.3 Å². The van der Waals surface area contributed by atoms with Crippen LogP contribution in [0, 0.1) is 0 Å². The molecule has 0 unspecified atom stereocenters. The van der Waals surface area contributed by atoms with Gasteiger partial charge in [-0.15, -0.1) is 11.3 Å². The summed E-state index contributed by atoms with van der Waals surface area (Å²) in [7, 11) is 0. The monoisotopic (exact) mass is 311 g/mol. The number of carbonyl (C=O) groups is 1. The van der Waals surface area contributed by atoms with Crippen molar-refractivity contribution in [3.05, 3.63) is 21.4 Å². The van der Waals surface area contributed by atoms with E-state index >= 15 is 0 Å². The number of amides is 1. The van der Waals surface area contributed by atoms with E-state index in [1.54, 1.807) is 11.3 Å². The lowest BCUT2D eigenvalue weighted by atomic mass is 9.97. The Balaban J connectivity index is 1.60. The van der Waals surface area contributed by atoms with Crippen molar-refractivity contribution in [2.45, 2.75) is 44.1 Å². The molecule has 1 aromatic rings. The van der Waals surface area contributed by atoms with Gasteiger partial charge in [-0.2, -0.15) is 11.8 Å². The third-order valence-corrected chi connectivity index (χ3v) is 6.44. The van der Waals surface area contributed by atoms with Gasteiger partial charge in [0.2, 0.25) is 0 Å². The van der Waals surface area contributed by atoms with Crippen LogP contribution in [0.1, 0.15) is 45.8 Å². The van der Waals surface area contributed by atoms with Crippen molar-refractivity contribution in [2.75, 3.05) is 18.1 Å². The Bertz CT molecular complexity index is 469. The van der Waals surface area contributed by atoms with Gasteiger partial charge in [0, 0.05) is 11.4 Å². The van der Waals surface area contributed by atoms with Gasteiger partial charge in [-0.3, -0.25) is 4.79 Å². The zero-order chi connectivity index (χ0) is 14.0. The number of thioether (sulfide) groups is 1. The molecule has 1 saturated heterocycles. The molecule has 3 nitrogen and oxygen atoms in total. The zero-order valence-electron chi connectivity index (χ0n) is 11.6. The number of aliphatic hydroxyl groups is 1. The summed E-state index contributed by atoms with van der Waals surface area (Å²) in [5.41, 5.74) is 0.664. The first-order chi connectivity index (χ1) is 9.66. The van der Waals surface area contributed by atoms with Crippen molar-refractivity contribution < 1.29 is 9.90 Å². The number of carbonyl (C=O) groups excluding carboxylic acids is 1. The highest BCUT2D eigenvalue weighted by Gasteiger charge is 2.30. The van der Waals surface area contributed by atoms with Crippen LogP contribution < -0.4 is 5.32 Å². The largest absolute Gasteiger partial charge is 0.388 e. The van der Waals surface area contributed by atoms with Gasteiger partial charge in [0.1, 0.15) is 0 Å². The first kappa shape index (κ1) is 14.4. The molecule has 0 atom stereocenters. The van der Waals surface area contributed by atoms with Gasteiger partial charge in [0.25, 0.3) is 5.91 Å². The highest BCUT2D eigenvalue weighted by molar-refractivity contribution is 7.99. The molecule has 0 saturated carbocycles. The van der Waals surface area contributed by atoms with E-state index in [1.807, 2.05) is 11.8 Å². The Morgan fingerprint density at radius 2 is 2.05 bits per heavy atom. The average Bonchev–Trinajstić information content (AvgIpc) is 2.89. The molecule has 0 radical (unpaired) electrons. The molecule has 1 aliphatic heterocycles. The van der Waals surface area contributed by atoms with Gasteiger partial charge in [-0.1, -0.05) is 0 Å². The molecule has 0 spiro atoms. The van der Waals surface area contributed by atoms with Crippen molar-refractivity contribution in [3.8, 4) is 0 Å². The number of rotatable bonds is 3. The van der Waals surface area contributed by atoms with Crippen LogP contribution >= 0.6 is 23.1 Å². The van der Waals surface area contributed by atoms with Crippen LogP contribution in [0.3, 0.4) is 0 Å². The fourth-order valence-corrected chi connectivity index (χ4v) is 5.29. The Morgan fingerprint density at radius 3 is 2.80 bits per heavy atom. The molecule has 1 aliphatic carbocycles. The molecule has 1 fully saturated rings. The quantitative estimate of drug-likeness (QED) is 0.902. The van der Waals surface area contributed by atoms with Crippen LogP contribution in [0.4, 0.5) is 0 Å². The Labute approximate surface area is 128 Å². The molecule has 0 aromatic carbocycles. The Hall–Kier alpha value is -0.520. The molecule has 2 heterocycles.